The number of ether oxygens (including phenoxy) is 2. The van der Waals surface area contributed by atoms with Crippen LogP contribution in [0, 0.1) is 0 Å². The highest BCUT2D eigenvalue weighted by Gasteiger charge is 2.08. The standard InChI is InChI=1S/C12H21NO2/c1-3-15-12-7-4-6-11(10-12)13-8-5-9-14-2/h10H,3-9H2,1-2H3. The molecule has 0 atom stereocenters. The van der Waals surface area contributed by atoms with E-state index in [2.05, 4.69) is 11.1 Å². The Hall–Kier alpha value is -0.830. The van der Waals surface area contributed by atoms with Gasteiger partial charge >= 0.3 is 0 Å². The zero-order chi connectivity index (χ0) is 10.9. The van der Waals surface area contributed by atoms with Crippen LogP contribution in [0.4, 0.5) is 0 Å². The van der Waals surface area contributed by atoms with E-state index < -0.39 is 0 Å². The summed E-state index contributed by atoms with van der Waals surface area (Å²) in [5.41, 5.74) is 1.18. The molecule has 1 rings (SSSR count). The molecule has 0 spiro atoms. The average molecular weight is 211 g/mol. The molecule has 0 bridgehead atoms. The first-order valence-electron chi connectivity index (χ1n) is 5.72. The van der Waals surface area contributed by atoms with Gasteiger partial charge in [0, 0.05) is 32.4 Å². The second-order valence-electron chi connectivity index (χ2n) is 3.62. The van der Waals surface area contributed by atoms with Gasteiger partial charge in [0.25, 0.3) is 0 Å². The summed E-state index contributed by atoms with van der Waals surface area (Å²) >= 11 is 0. The van der Waals surface area contributed by atoms with E-state index in [-0.39, 0.29) is 0 Å². The molecule has 0 fully saturated rings. The van der Waals surface area contributed by atoms with E-state index in [9.17, 15) is 0 Å². The van der Waals surface area contributed by atoms with Crippen LogP contribution in [0.2, 0.25) is 0 Å². The molecule has 3 nitrogen and oxygen atoms in total. The van der Waals surface area contributed by atoms with Crippen molar-refractivity contribution in [2.75, 3.05) is 26.9 Å². The second-order valence-corrected chi connectivity index (χ2v) is 3.62. The Kier molecular flexibility index (Phi) is 6.09. The first-order chi connectivity index (χ1) is 7.36. The van der Waals surface area contributed by atoms with E-state index in [0.29, 0.717) is 0 Å². The van der Waals surface area contributed by atoms with Gasteiger partial charge < -0.3 is 9.47 Å². The van der Waals surface area contributed by atoms with Crippen LogP contribution >= 0.6 is 0 Å². The minimum Gasteiger partial charge on any atom is -0.498 e. The van der Waals surface area contributed by atoms with E-state index in [4.69, 9.17) is 9.47 Å². The number of hydrogen-bond donors (Lipinski definition) is 0. The number of allylic oxidation sites excluding steroid dienone is 2. The topological polar surface area (TPSA) is 30.8 Å². The van der Waals surface area contributed by atoms with Crippen molar-refractivity contribution in [3.63, 3.8) is 0 Å². The van der Waals surface area contributed by atoms with Gasteiger partial charge in [0.2, 0.25) is 0 Å². The SMILES string of the molecule is CCOC1=CC(=NCCCOC)CCC1. The maximum Gasteiger partial charge on any atom is 0.0977 e. The summed E-state index contributed by atoms with van der Waals surface area (Å²) in [6, 6.07) is 0. The van der Waals surface area contributed by atoms with Gasteiger partial charge in [0.1, 0.15) is 0 Å². The van der Waals surface area contributed by atoms with Crippen LogP contribution in [0.5, 0.6) is 0 Å². The summed E-state index contributed by atoms with van der Waals surface area (Å²) in [6.07, 6.45) is 6.40. The number of aliphatic imine (C=N–C) groups is 1. The predicted octanol–water partition coefficient (Wildman–Crippen LogP) is 2.57. The van der Waals surface area contributed by atoms with E-state index in [0.717, 1.165) is 51.2 Å². The Balaban J connectivity index is 2.36. The Morgan fingerprint density at radius 2 is 2.27 bits per heavy atom. The van der Waals surface area contributed by atoms with Crippen molar-refractivity contribution >= 4 is 5.71 Å². The lowest BCUT2D eigenvalue weighted by atomic mass is 10.0. The molecule has 0 saturated heterocycles. The maximum absolute atomic E-state index is 5.50. The highest BCUT2D eigenvalue weighted by atomic mass is 16.5. The number of rotatable bonds is 6. The van der Waals surface area contributed by atoms with Gasteiger partial charge in [-0.25, -0.2) is 0 Å². The molecule has 0 amide bonds. The molecule has 86 valence electrons. The number of hydrogen-bond acceptors (Lipinski definition) is 3. The molecule has 0 heterocycles. The van der Waals surface area contributed by atoms with Gasteiger partial charge in [-0.2, -0.15) is 0 Å². The molecule has 0 aromatic carbocycles. The third kappa shape index (κ3) is 4.98. The fraction of sp³-hybridized carbons (Fsp3) is 0.750. The normalized spacial score (nSPS) is 19.1. The van der Waals surface area contributed by atoms with Crippen molar-refractivity contribution in [2.24, 2.45) is 4.99 Å². The summed E-state index contributed by atoms with van der Waals surface area (Å²) < 4.78 is 10.5. The monoisotopic (exact) mass is 211 g/mol. The second kappa shape index (κ2) is 7.46. The fourth-order valence-corrected chi connectivity index (χ4v) is 1.63. The molecular formula is C12H21NO2. The lowest BCUT2D eigenvalue weighted by molar-refractivity contribution is 0.197. The quantitative estimate of drug-likeness (QED) is 0.632. The molecule has 0 aromatic heterocycles. The van der Waals surface area contributed by atoms with Crippen LogP contribution in [0.1, 0.15) is 32.6 Å². The van der Waals surface area contributed by atoms with Crippen LogP contribution in [0.15, 0.2) is 16.8 Å². The molecule has 1 aliphatic rings. The van der Waals surface area contributed by atoms with Crippen LogP contribution in [-0.4, -0.2) is 32.6 Å². The van der Waals surface area contributed by atoms with Crippen molar-refractivity contribution in [3.05, 3.63) is 11.8 Å². The highest BCUT2D eigenvalue weighted by Crippen LogP contribution is 2.16. The summed E-state index contributed by atoms with van der Waals surface area (Å²) in [7, 11) is 1.72. The molecular weight excluding hydrogens is 190 g/mol. The zero-order valence-electron chi connectivity index (χ0n) is 9.79. The van der Waals surface area contributed by atoms with E-state index in [1.807, 2.05) is 6.92 Å². The zero-order valence-corrected chi connectivity index (χ0v) is 9.79. The Bertz CT molecular complexity index is 234. The predicted molar refractivity (Wildman–Crippen MR) is 62.4 cm³/mol. The lowest BCUT2D eigenvalue weighted by Gasteiger charge is -2.14. The van der Waals surface area contributed by atoms with Gasteiger partial charge in [-0.3, -0.25) is 4.99 Å². The number of nitrogens with zero attached hydrogens (tertiary/aromatic N) is 1. The number of methoxy groups -OCH3 is 1. The first kappa shape index (κ1) is 12.2. The van der Waals surface area contributed by atoms with E-state index >= 15 is 0 Å². The lowest BCUT2D eigenvalue weighted by Crippen LogP contribution is -2.07. The summed E-state index contributed by atoms with van der Waals surface area (Å²) in [6.45, 7) is 4.42. The summed E-state index contributed by atoms with van der Waals surface area (Å²) in [4.78, 5) is 4.53. The van der Waals surface area contributed by atoms with Crippen molar-refractivity contribution in [1.29, 1.82) is 0 Å². The Morgan fingerprint density at radius 1 is 1.40 bits per heavy atom. The smallest absolute Gasteiger partial charge is 0.0977 e. The van der Waals surface area contributed by atoms with Gasteiger partial charge in [0.15, 0.2) is 0 Å². The molecule has 0 radical (unpaired) electrons. The Morgan fingerprint density at radius 3 is 3.00 bits per heavy atom. The summed E-state index contributed by atoms with van der Waals surface area (Å²) in [5.74, 6) is 1.09. The fourth-order valence-electron chi connectivity index (χ4n) is 1.63. The maximum atomic E-state index is 5.50. The Labute approximate surface area is 92.2 Å². The highest BCUT2D eigenvalue weighted by molar-refractivity contribution is 5.96. The third-order valence-corrected chi connectivity index (χ3v) is 2.33. The molecule has 0 aliphatic heterocycles. The molecule has 15 heavy (non-hydrogen) atoms. The van der Waals surface area contributed by atoms with Crippen LogP contribution in [0.3, 0.4) is 0 Å². The van der Waals surface area contributed by atoms with Crippen LogP contribution in [0.25, 0.3) is 0 Å². The molecule has 0 aromatic rings. The summed E-state index contributed by atoms with van der Waals surface area (Å²) in [5, 5.41) is 0. The minimum atomic E-state index is 0.753. The molecule has 1 aliphatic carbocycles. The molecule has 0 saturated carbocycles. The van der Waals surface area contributed by atoms with Crippen molar-refractivity contribution < 1.29 is 9.47 Å². The van der Waals surface area contributed by atoms with Crippen LogP contribution < -0.4 is 0 Å². The van der Waals surface area contributed by atoms with Gasteiger partial charge in [0.05, 0.1) is 12.4 Å². The third-order valence-electron chi connectivity index (χ3n) is 2.33. The van der Waals surface area contributed by atoms with Gasteiger partial charge in [-0.1, -0.05) is 0 Å². The van der Waals surface area contributed by atoms with Gasteiger partial charge in [-0.05, 0) is 32.3 Å². The largest absolute Gasteiger partial charge is 0.498 e. The van der Waals surface area contributed by atoms with E-state index in [1.165, 1.54) is 5.71 Å². The molecule has 0 N–H and O–H groups in total. The molecule has 0 unspecified atom stereocenters. The first-order valence-corrected chi connectivity index (χ1v) is 5.72. The average Bonchev–Trinajstić information content (AvgIpc) is 2.26. The van der Waals surface area contributed by atoms with Crippen molar-refractivity contribution in [3.8, 4) is 0 Å². The van der Waals surface area contributed by atoms with Gasteiger partial charge in [-0.15, -0.1) is 0 Å². The van der Waals surface area contributed by atoms with Crippen molar-refractivity contribution in [1.82, 2.24) is 0 Å². The molecule has 3 heteroatoms. The van der Waals surface area contributed by atoms with E-state index in [1.54, 1.807) is 7.11 Å². The minimum absolute atomic E-state index is 0.753. The van der Waals surface area contributed by atoms with Crippen molar-refractivity contribution in [2.45, 2.75) is 32.6 Å². The van der Waals surface area contributed by atoms with Crippen LogP contribution in [-0.2, 0) is 9.47 Å².